The fraction of sp³-hybridized carbons (Fsp3) is 0.450. The van der Waals surface area contributed by atoms with Gasteiger partial charge in [0.1, 0.15) is 5.82 Å². The standard InChI is InChI=1S/C20H26F2N4O3/c1-4-5-11-25-16(23)15(17(27)24-19(25)29)26(12-13(2)3)18(28)20(21,22)14-9-7-6-8-10-14/h6-10,13H,4-5,11-12,23H2,1-3H3,(H,24,27,29). The van der Waals surface area contributed by atoms with Gasteiger partial charge in [0, 0.05) is 18.7 Å². The second kappa shape index (κ2) is 9.02. The Morgan fingerprint density at radius 3 is 2.41 bits per heavy atom. The fourth-order valence-corrected chi connectivity index (χ4v) is 2.96. The Kier molecular flexibility index (Phi) is 6.94. The molecule has 0 unspecified atom stereocenters. The molecule has 0 fully saturated rings. The zero-order valence-electron chi connectivity index (χ0n) is 16.7. The molecule has 1 amide bonds. The molecule has 1 heterocycles. The molecule has 0 radical (unpaired) electrons. The number of rotatable bonds is 8. The molecule has 3 N–H and O–H groups in total. The summed E-state index contributed by atoms with van der Waals surface area (Å²) in [6.07, 6.45) is 1.34. The Hall–Kier alpha value is -2.97. The van der Waals surface area contributed by atoms with Crippen LogP contribution < -0.4 is 21.9 Å². The molecule has 0 aliphatic carbocycles. The van der Waals surface area contributed by atoms with Crippen LogP contribution in [-0.4, -0.2) is 22.0 Å². The summed E-state index contributed by atoms with van der Waals surface area (Å²) in [6.45, 7) is 5.38. The molecule has 0 aliphatic heterocycles. The van der Waals surface area contributed by atoms with Crippen molar-refractivity contribution < 1.29 is 13.6 Å². The molecule has 158 valence electrons. The number of carbonyl (C=O) groups excluding carboxylic acids is 1. The minimum Gasteiger partial charge on any atom is -0.383 e. The van der Waals surface area contributed by atoms with E-state index in [-0.39, 0.29) is 24.8 Å². The smallest absolute Gasteiger partial charge is 0.350 e. The highest BCUT2D eigenvalue weighted by Gasteiger charge is 2.45. The summed E-state index contributed by atoms with van der Waals surface area (Å²) in [7, 11) is 0. The van der Waals surface area contributed by atoms with Crippen molar-refractivity contribution >= 4 is 17.4 Å². The predicted molar refractivity (Wildman–Crippen MR) is 108 cm³/mol. The highest BCUT2D eigenvalue weighted by atomic mass is 19.3. The molecular weight excluding hydrogens is 382 g/mol. The number of aromatic amines is 1. The van der Waals surface area contributed by atoms with Crippen molar-refractivity contribution in [3.05, 3.63) is 56.7 Å². The number of hydrogen-bond acceptors (Lipinski definition) is 4. The van der Waals surface area contributed by atoms with E-state index in [1.54, 1.807) is 19.9 Å². The van der Waals surface area contributed by atoms with Gasteiger partial charge >= 0.3 is 17.5 Å². The lowest BCUT2D eigenvalue weighted by Crippen LogP contribution is -2.48. The van der Waals surface area contributed by atoms with Crippen LogP contribution in [0.1, 0.15) is 39.2 Å². The van der Waals surface area contributed by atoms with Crippen molar-refractivity contribution in [3.63, 3.8) is 0 Å². The third-order valence-corrected chi connectivity index (χ3v) is 4.42. The maximum Gasteiger partial charge on any atom is 0.350 e. The van der Waals surface area contributed by atoms with Crippen LogP contribution >= 0.6 is 0 Å². The first-order valence-corrected chi connectivity index (χ1v) is 9.49. The van der Waals surface area contributed by atoms with Gasteiger partial charge in [0.05, 0.1) is 0 Å². The Morgan fingerprint density at radius 2 is 1.86 bits per heavy atom. The monoisotopic (exact) mass is 408 g/mol. The van der Waals surface area contributed by atoms with Gasteiger partial charge < -0.3 is 5.73 Å². The molecule has 2 aromatic rings. The minimum absolute atomic E-state index is 0.166. The number of hydrogen-bond donors (Lipinski definition) is 2. The number of anilines is 2. The van der Waals surface area contributed by atoms with E-state index in [2.05, 4.69) is 4.98 Å². The van der Waals surface area contributed by atoms with Crippen molar-refractivity contribution in [2.45, 2.75) is 46.1 Å². The molecule has 1 aromatic heterocycles. The molecule has 1 aromatic carbocycles. The molecule has 0 saturated carbocycles. The minimum atomic E-state index is -3.88. The van der Waals surface area contributed by atoms with Gasteiger partial charge in [-0.3, -0.25) is 24.0 Å². The molecule has 0 atom stereocenters. The summed E-state index contributed by atoms with van der Waals surface area (Å²) in [5, 5.41) is 0. The van der Waals surface area contributed by atoms with E-state index in [0.717, 1.165) is 23.1 Å². The lowest BCUT2D eigenvalue weighted by Gasteiger charge is -2.29. The number of unbranched alkanes of at least 4 members (excludes halogenated alkanes) is 1. The van der Waals surface area contributed by atoms with E-state index >= 15 is 0 Å². The second-order valence-electron chi connectivity index (χ2n) is 7.25. The quantitative estimate of drug-likeness (QED) is 0.701. The number of carbonyl (C=O) groups is 1. The van der Waals surface area contributed by atoms with Crippen LogP contribution in [0.25, 0.3) is 0 Å². The summed E-state index contributed by atoms with van der Waals surface area (Å²) in [4.78, 5) is 40.3. The Balaban J connectivity index is 2.63. The third-order valence-electron chi connectivity index (χ3n) is 4.42. The summed E-state index contributed by atoms with van der Waals surface area (Å²) < 4.78 is 31.0. The van der Waals surface area contributed by atoms with Gasteiger partial charge in [-0.05, 0) is 12.3 Å². The number of amides is 1. The van der Waals surface area contributed by atoms with E-state index in [0.29, 0.717) is 11.3 Å². The number of aromatic nitrogens is 2. The van der Waals surface area contributed by atoms with Crippen LogP contribution in [0.5, 0.6) is 0 Å². The van der Waals surface area contributed by atoms with Crippen LogP contribution in [0.15, 0.2) is 39.9 Å². The molecule has 0 spiro atoms. The predicted octanol–water partition coefficient (Wildman–Crippen LogP) is 2.70. The van der Waals surface area contributed by atoms with Crippen molar-refractivity contribution in [2.24, 2.45) is 5.92 Å². The number of benzene rings is 1. The van der Waals surface area contributed by atoms with Gasteiger partial charge in [-0.15, -0.1) is 0 Å². The number of nitrogens with one attached hydrogen (secondary N) is 1. The highest BCUT2D eigenvalue weighted by molar-refractivity contribution is 6.00. The zero-order valence-corrected chi connectivity index (χ0v) is 16.7. The molecule has 7 nitrogen and oxygen atoms in total. The maximum atomic E-state index is 15.0. The largest absolute Gasteiger partial charge is 0.383 e. The van der Waals surface area contributed by atoms with Crippen molar-refractivity contribution in [1.29, 1.82) is 0 Å². The first kappa shape index (κ1) is 22.3. The number of nitrogens with two attached hydrogens (primary N) is 1. The number of halogens is 2. The zero-order chi connectivity index (χ0) is 21.8. The van der Waals surface area contributed by atoms with Gasteiger partial charge in [0.2, 0.25) is 0 Å². The summed E-state index contributed by atoms with van der Waals surface area (Å²) >= 11 is 0. The number of nitrogens with zero attached hydrogens (tertiary/aromatic N) is 2. The molecule has 9 heteroatoms. The topological polar surface area (TPSA) is 101 Å². The van der Waals surface area contributed by atoms with Crippen LogP contribution in [0.2, 0.25) is 0 Å². The average molecular weight is 408 g/mol. The molecule has 29 heavy (non-hydrogen) atoms. The van der Waals surface area contributed by atoms with Crippen LogP contribution in [0.3, 0.4) is 0 Å². The Bertz CT molecular complexity index is 968. The summed E-state index contributed by atoms with van der Waals surface area (Å²) in [6, 6.07) is 6.63. The third kappa shape index (κ3) is 4.72. The fourth-order valence-electron chi connectivity index (χ4n) is 2.96. The normalized spacial score (nSPS) is 11.7. The molecule has 0 bridgehead atoms. The van der Waals surface area contributed by atoms with E-state index in [1.807, 2.05) is 6.92 Å². The average Bonchev–Trinajstić information content (AvgIpc) is 2.66. The van der Waals surface area contributed by atoms with Gasteiger partial charge in [0.15, 0.2) is 5.69 Å². The van der Waals surface area contributed by atoms with E-state index in [1.165, 1.54) is 12.1 Å². The maximum absolute atomic E-state index is 15.0. The van der Waals surface area contributed by atoms with Gasteiger partial charge in [-0.1, -0.05) is 57.5 Å². The van der Waals surface area contributed by atoms with E-state index in [9.17, 15) is 23.2 Å². The molecule has 0 saturated heterocycles. The van der Waals surface area contributed by atoms with Gasteiger partial charge in [-0.2, -0.15) is 8.78 Å². The number of alkyl halides is 2. The molecule has 2 rings (SSSR count). The Labute approximate surface area is 167 Å². The first-order valence-electron chi connectivity index (χ1n) is 9.49. The van der Waals surface area contributed by atoms with Crippen molar-refractivity contribution in [2.75, 3.05) is 17.2 Å². The van der Waals surface area contributed by atoms with Crippen molar-refractivity contribution in [1.82, 2.24) is 9.55 Å². The van der Waals surface area contributed by atoms with Crippen molar-refractivity contribution in [3.8, 4) is 0 Å². The number of H-pyrrole nitrogens is 1. The Morgan fingerprint density at radius 1 is 1.24 bits per heavy atom. The van der Waals surface area contributed by atoms with Crippen LogP contribution in [0, 0.1) is 5.92 Å². The van der Waals surface area contributed by atoms with Gasteiger partial charge in [0.25, 0.3) is 5.56 Å². The summed E-state index contributed by atoms with van der Waals surface area (Å²) in [5.74, 6) is -5.99. The van der Waals surface area contributed by atoms with Crippen LogP contribution in [0.4, 0.5) is 20.3 Å². The first-order chi connectivity index (χ1) is 13.6. The SMILES string of the molecule is CCCCn1c(N)c(N(CC(C)C)C(=O)C(F)(F)c2ccccc2)c(=O)[nH]c1=O. The molecule has 0 aliphatic rings. The van der Waals surface area contributed by atoms with Crippen LogP contribution in [-0.2, 0) is 17.3 Å². The molecular formula is C20H26F2N4O3. The van der Waals surface area contributed by atoms with Gasteiger partial charge in [-0.25, -0.2) is 4.79 Å². The lowest BCUT2D eigenvalue weighted by molar-refractivity contribution is -0.144. The highest BCUT2D eigenvalue weighted by Crippen LogP contribution is 2.33. The van der Waals surface area contributed by atoms with E-state index in [4.69, 9.17) is 5.73 Å². The second-order valence-corrected chi connectivity index (χ2v) is 7.25. The number of nitrogen functional groups attached to an aromatic ring is 1. The summed E-state index contributed by atoms with van der Waals surface area (Å²) in [5.41, 5.74) is 3.39. The van der Waals surface area contributed by atoms with E-state index < -0.39 is 34.3 Å². The lowest BCUT2D eigenvalue weighted by atomic mass is 10.1.